The van der Waals surface area contributed by atoms with Crippen LogP contribution in [-0.2, 0) is 6.42 Å². The molecule has 0 amide bonds. The number of oxime groups is 1. The average molecular weight is 530 g/mol. The highest BCUT2D eigenvalue weighted by molar-refractivity contribution is 6.04. The van der Waals surface area contributed by atoms with Gasteiger partial charge in [-0.05, 0) is 86.8 Å². The van der Waals surface area contributed by atoms with Crippen molar-refractivity contribution in [3.8, 4) is 39.7 Å². The fourth-order valence-electron chi connectivity index (χ4n) is 5.35. The summed E-state index contributed by atoms with van der Waals surface area (Å²) < 4.78 is 6.02. The van der Waals surface area contributed by atoms with E-state index in [9.17, 15) is 5.21 Å². The standard InChI is InChI=1S/C30H31N5O2.ClH/c36-34-27-11-7-23-20-24(6-10-26(23)27)29-28(21-12-14-31-15-13-21)32-30(33-29)22-4-8-25(9-5-22)37-19-18-35-16-2-1-3-17-35;/h4-6,8-10,12-15,20,36H,1-3,7,11,16-19H2,(H,32,33);1H/b34-27-;. The first kappa shape index (κ1) is 25.9. The summed E-state index contributed by atoms with van der Waals surface area (Å²) in [7, 11) is 0. The first-order valence-electron chi connectivity index (χ1n) is 13.1. The Morgan fingerprint density at radius 3 is 2.42 bits per heavy atom. The predicted octanol–water partition coefficient (Wildman–Crippen LogP) is 6.22. The highest BCUT2D eigenvalue weighted by Gasteiger charge is 2.21. The van der Waals surface area contributed by atoms with E-state index in [4.69, 9.17) is 9.72 Å². The molecule has 2 aromatic carbocycles. The van der Waals surface area contributed by atoms with Crippen LogP contribution in [-0.4, -0.2) is 57.0 Å². The first-order chi connectivity index (χ1) is 18.3. The molecule has 0 atom stereocenters. The minimum absolute atomic E-state index is 0. The van der Waals surface area contributed by atoms with Crippen molar-refractivity contribution in [2.75, 3.05) is 26.2 Å². The molecule has 196 valence electrons. The number of nitrogens with zero attached hydrogens (tertiary/aromatic N) is 4. The molecule has 38 heavy (non-hydrogen) atoms. The molecule has 0 saturated carbocycles. The predicted molar refractivity (Wildman–Crippen MR) is 152 cm³/mol. The van der Waals surface area contributed by atoms with Crippen LogP contribution in [0.3, 0.4) is 0 Å². The maximum absolute atomic E-state index is 9.30. The molecule has 0 bridgehead atoms. The van der Waals surface area contributed by atoms with Crippen LogP contribution in [0.1, 0.15) is 36.8 Å². The fraction of sp³-hybridized carbons (Fsp3) is 0.300. The van der Waals surface area contributed by atoms with Gasteiger partial charge in [-0.1, -0.05) is 23.7 Å². The number of pyridine rings is 1. The lowest BCUT2D eigenvalue weighted by molar-refractivity contribution is 0.183. The van der Waals surface area contributed by atoms with Gasteiger partial charge in [0.05, 0.1) is 17.1 Å². The minimum atomic E-state index is 0. The summed E-state index contributed by atoms with van der Waals surface area (Å²) in [4.78, 5) is 15.3. The summed E-state index contributed by atoms with van der Waals surface area (Å²) in [5.41, 5.74) is 7.85. The van der Waals surface area contributed by atoms with Crippen molar-refractivity contribution in [3.63, 3.8) is 0 Å². The van der Waals surface area contributed by atoms with Crippen molar-refractivity contribution in [3.05, 3.63) is 78.1 Å². The van der Waals surface area contributed by atoms with Gasteiger partial charge < -0.3 is 14.9 Å². The summed E-state index contributed by atoms with van der Waals surface area (Å²) in [5, 5.41) is 12.8. The van der Waals surface area contributed by atoms with E-state index in [1.54, 1.807) is 12.4 Å². The molecule has 1 saturated heterocycles. The van der Waals surface area contributed by atoms with Gasteiger partial charge in [0.2, 0.25) is 0 Å². The third-order valence-electron chi connectivity index (χ3n) is 7.37. The Kier molecular flexibility index (Phi) is 8.05. The number of aryl methyl sites for hydroxylation is 1. The molecule has 4 aromatic rings. The molecular formula is C30H32ClN5O2. The molecule has 1 aliphatic carbocycles. The third kappa shape index (κ3) is 5.44. The molecule has 3 heterocycles. The topological polar surface area (TPSA) is 86.6 Å². The molecule has 6 rings (SSSR count). The molecular weight excluding hydrogens is 498 g/mol. The number of rotatable bonds is 7. The van der Waals surface area contributed by atoms with Gasteiger partial charge in [0.1, 0.15) is 18.2 Å². The third-order valence-corrected chi connectivity index (χ3v) is 7.37. The second-order valence-electron chi connectivity index (χ2n) is 9.74. The van der Waals surface area contributed by atoms with E-state index >= 15 is 0 Å². The smallest absolute Gasteiger partial charge is 0.138 e. The second kappa shape index (κ2) is 11.8. The number of aromatic amines is 1. The quantitative estimate of drug-likeness (QED) is 0.219. The molecule has 7 nitrogen and oxygen atoms in total. The second-order valence-corrected chi connectivity index (χ2v) is 9.74. The number of aromatic nitrogens is 3. The van der Waals surface area contributed by atoms with Crippen molar-refractivity contribution in [1.82, 2.24) is 19.9 Å². The van der Waals surface area contributed by atoms with Crippen LogP contribution >= 0.6 is 12.4 Å². The van der Waals surface area contributed by atoms with Gasteiger partial charge in [0.25, 0.3) is 0 Å². The summed E-state index contributed by atoms with van der Waals surface area (Å²) in [6, 6.07) is 18.4. The number of benzene rings is 2. The Labute approximate surface area is 229 Å². The Bertz CT molecular complexity index is 1400. The lowest BCUT2D eigenvalue weighted by Gasteiger charge is -2.26. The molecule has 2 aliphatic rings. The number of halogens is 1. The van der Waals surface area contributed by atoms with Gasteiger partial charge in [-0.3, -0.25) is 9.88 Å². The molecule has 0 spiro atoms. The number of hydrogen-bond donors (Lipinski definition) is 2. The van der Waals surface area contributed by atoms with E-state index < -0.39 is 0 Å². The summed E-state index contributed by atoms with van der Waals surface area (Å²) in [6.45, 7) is 4.05. The van der Waals surface area contributed by atoms with Crippen molar-refractivity contribution >= 4 is 18.1 Å². The summed E-state index contributed by atoms with van der Waals surface area (Å²) in [5.74, 6) is 1.68. The normalized spacial score (nSPS) is 16.3. The fourth-order valence-corrected chi connectivity index (χ4v) is 5.35. The molecule has 8 heteroatoms. The van der Waals surface area contributed by atoms with Crippen molar-refractivity contribution in [2.24, 2.45) is 5.16 Å². The molecule has 2 N–H and O–H groups in total. The van der Waals surface area contributed by atoms with Crippen LogP contribution in [0.25, 0.3) is 33.9 Å². The zero-order chi connectivity index (χ0) is 25.0. The zero-order valence-electron chi connectivity index (χ0n) is 21.3. The van der Waals surface area contributed by atoms with Crippen molar-refractivity contribution in [2.45, 2.75) is 32.1 Å². The molecule has 1 fully saturated rings. The van der Waals surface area contributed by atoms with Gasteiger partial charge in [0.15, 0.2) is 0 Å². The van der Waals surface area contributed by atoms with E-state index in [1.807, 2.05) is 30.3 Å². The van der Waals surface area contributed by atoms with Gasteiger partial charge in [0, 0.05) is 41.2 Å². The Morgan fingerprint density at radius 1 is 0.895 bits per heavy atom. The van der Waals surface area contributed by atoms with E-state index in [2.05, 4.69) is 44.3 Å². The van der Waals surface area contributed by atoms with E-state index in [0.29, 0.717) is 6.61 Å². The molecule has 1 aliphatic heterocycles. The zero-order valence-corrected chi connectivity index (χ0v) is 22.1. The van der Waals surface area contributed by atoms with Crippen molar-refractivity contribution < 1.29 is 9.94 Å². The monoisotopic (exact) mass is 529 g/mol. The Hall–Kier alpha value is -3.68. The largest absolute Gasteiger partial charge is 0.492 e. The van der Waals surface area contributed by atoms with Crippen LogP contribution in [0.5, 0.6) is 5.75 Å². The van der Waals surface area contributed by atoms with Gasteiger partial charge >= 0.3 is 0 Å². The van der Waals surface area contributed by atoms with Gasteiger partial charge in [-0.25, -0.2) is 4.98 Å². The van der Waals surface area contributed by atoms with E-state index in [0.717, 1.165) is 70.3 Å². The van der Waals surface area contributed by atoms with Crippen LogP contribution in [0.15, 0.2) is 72.1 Å². The van der Waals surface area contributed by atoms with E-state index in [1.165, 1.54) is 37.9 Å². The average Bonchev–Trinajstić information content (AvgIpc) is 3.59. The summed E-state index contributed by atoms with van der Waals surface area (Å²) in [6.07, 6.45) is 9.15. The SMILES string of the molecule is Cl.O/N=C1/CCc2cc(-c3nc(-c4ccc(OCCN5CCCCC5)cc4)[nH]c3-c3ccncc3)ccc21. The minimum Gasteiger partial charge on any atom is -0.492 e. The number of likely N-dealkylation sites (tertiary alicyclic amines) is 1. The van der Waals surface area contributed by atoms with E-state index in [-0.39, 0.29) is 12.4 Å². The van der Waals surface area contributed by atoms with Gasteiger partial charge in [-0.15, -0.1) is 12.4 Å². The van der Waals surface area contributed by atoms with Gasteiger partial charge in [-0.2, -0.15) is 0 Å². The number of imidazole rings is 1. The highest BCUT2D eigenvalue weighted by Crippen LogP contribution is 2.35. The first-order valence-corrected chi connectivity index (χ1v) is 13.1. The lowest BCUT2D eigenvalue weighted by atomic mass is 10.0. The molecule has 0 unspecified atom stereocenters. The van der Waals surface area contributed by atoms with Crippen molar-refractivity contribution in [1.29, 1.82) is 0 Å². The number of H-pyrrole nitrogens is 1. The van der Waals surface area contributed by atoms with Crippen LogP contribution in [0.2, 0.25) is 0 Å². The summed E-state index contributed by atoms with van der Waals surface area (Å²) >= 11 is 0. The number of fused-ring (bicyclic) bond motifs is 1. The number of ether oxygens (including phenoxy) is 1. The maximum atomic E-state index is 9.30. The Morgan fingerprint density at radius 2 is 1.66 bits per heavy atom. The Balaban J connectivity index is 0.00000294. The van der Waals surface area contributed by atoms with Crippen LogP contribution < -0.4 is 4.74 Å². The van der Waals surface area contributed by atoms with Crippen LogP contribution in [0, 0.1) is 0 Å². The maximum Gasteiger partial charge on any atom is 0.138 e. The number of piperidine rings is 1. The molecule has 2 aromatic heterocycles. The number of nitrogens with one attached hydrogen (secondary N) is 1. The van der Waals surface area contributed by atoms with Crippen LogP contribution in [0.4, 0.5) is 0 Å². The molecule has 0 radical (unpaired) electrons. The lowest BCUT2D eigenvalue weighted by Crippen LogP contribution is -2.33. The highest BCUT2D eigenvalue weighted by atomic mass is 35.5. The number of hydrogen-bond acceptors (Lipinski definition) is 6.